The fourth-order valence-electron chi connectivity index (χ4n) is 26.8. The van der Waals surface area contributed by atoms with Gasteiger partial charge in [-0.25, -0.2) is 26.3 Å². The Balaban J connectivity index is 0.000000174. The summed E-state index contributed by atoms with van der Waals surface area (Å²) in [6, 6.07) is 4.87. The number of fused-ring (bicyclic) bond motifs is 16. The number of nitrogens with one attached hydrogen (secondary N) is 3. The maximum atomic E-state index is 14.1. The van der Waals surface area contributed by atoms with E-state index >= 15 is 0 Å². The van der Waals surface area contributed by atoms with Crippen LogP contribution in [0, 0.1) is 155 Å². The molecule has 2 aromatic carbocycles. The molecular formula is C85H129B2BrF6N9O6-. The number of anilines is 2. The molecule has 24 heteroatoms. The van der Waals surface area contributed by atoms with Gasteiger partial charge in [-0.1, -0.05) is 72.6 Å². The summed E-state index contributed by atoms with van der Waals surface area (Å²) in [4.78, 5) is 40.7. The topological polar surface area (TPSA) is 298 Å². The molecule has 0 unspecified atom stereocenters. The van der Waals surface area contributed by atoms with Gasteiger partial charge in [0.25, 0.3) is 0 Å². The van der Waals surface area contributed by atoms with Crippen molar-refractivity contribution in [2.75, 3.05) is 22.9 Å². The quantitative estimate of drug-likeness (QED) is 0.0318. The maximum absolute atomic E-state index is 14.1. The SMILES string of the molecule is C.C[C@@]1(O)CC[C@@]2(C)[C@@H](CC[C@@H]3[C@@H]2CC[C@]2(C)[C@@H](C(=O)CBr)CC[C@@H]32)C1.C[C@@]1(O)CC[C@@]2(C)[C@@H](CC[C@@H]3[C@@H]2CC[C@]2(C)[C@@H](C(=O)CNc4ccc(F)c(F)c4N)CC[C@@H]32)C1.C[C@@]1(O)CC[C@@]2(C)[C@@H](CC[C@@H]3[C@@H]2CC[C@]2(C)[C@@H](C(=O)Cn4nc5ccc(F)c(F)c5n4)CC[C@@H]32)C1.N.N.N=C1C=CC(F)=C(F)C1=N.[B][BH3-]. The second kappa shape index (κ2) is 32.9. The lowest BCUT2D eigenvalue weighted by molar-refractivity contribution is -0.151. The van der Waals surface area contributed by atoms with Crippen molar-refractivity contribution in [2.24, 2.45) is 121 Å². The van der Waals surface area contributed by atoms with Gasteiger partial charge in [-0.2, -0.15) is 17.6 Å². The number of allylic oxidation sites excluding steroid dienone is 4. The van der Waals surface area contributed by atoms with E-state index in [0.29, 0.717) is 80.6 Å². The van der Waals surface area contributed by atoms with E-state index in [0.717, 1.165) is 145 Å². The van der Waals surface area contributed by atoms with E-state index in [-0.39, 0.29) is 114 Å². The molecular weight excluding hydrogens is 1460 g/mol. The van der Waals surface area contributed by atoms with E-state index in [1.54, 1.807) is 0 Å². The van der Waals surface area contributed by atoms with Crippen LogP contribution in [0.4, 0.5) is 37.7 Å². The lowest BCUT2D eigenvalue weighted by atomic mass is 9.44. The Kier molecular flexibility index (Phi) is 26.6. The fourth-order valence-corrected chi connectivity index (χ4v) is 27.2. The van der Waals surface area contributed by atoms with Crippen LogP contribution in [0.5, 0.6) is 0 Å². The van der Waals surface area contributed by atoms with Crippen LogP contribution in [-0.4, -0.2) is 103 Å². The number of nitrogens with two attached hydrogens (primary N) is 1. The van der Waals surface area contributed by atoms with E-state index in [1.165, 1.54) is 87.6 Å². The standard InChI is InChI=1S/C28H37F2N3O2.C28H40F2N2O2.C22H35BrO2.C6H4F2N2.CH4.B2H3.2H3N/c1-26(35)12-13-27(2)16(14-26)4-5-17-18-6-7-20(28(18,3)11-10-19(17)27)23(34)15-33-31-22-9-8-21(29)24(30)25(22)32-33;1-26(34)12-13-27(2)16(14-26)4-5-17-18-6-7-20(28(18,3)11-10-19(17)27)23(33)15-32-22-9-8-21(29)24(30)25(22)31;1-20(25)10-11-21(2)14(12-20)4-5-15-16-6-7-18(19(24)13-23)22(16,3)9-8-17(15)21;7-3-1-2-4(9)6(10)5(3)8;;1-2;;/h8-9,16-20,35H,4-7,10-15H2,1-3H3;8-9,16-20,32,34H,4-7,10-15,31H2,1-3H3;14-18,25H,4-13H2,1-3H3;1-2,9-10H;1H4;1H3;2*1H3/q;;;;;-1;;/t2*16-,17-,18-,19-,20+,26+,27-,28-;14-,15-,16-,17-,18+,20+,21-,22-;;;;;/m000...../s1. The molecule has 3 aromatic rings. The van der Waals surface area contributed by atoms with Gasteiger partial charge in [-0.3, -0.25) is 25.2 Å². The van der Waals surface area contributed by atoms with Gasteiger partial charge in [0.15, 0.2) is 52.0 Å². The lowest BCUT2D eigenvalue weighted by Crippen LogP contribution is -2.55. The van der Waals surface area contributed by atoms with Crippen LogP contribution in [0.2, 0.25) is 0 Å². The van der Waals surface area contributed by atoms with E-state index in [9.17, 15) is 56.0 Å². The number of ketones is 3. The summed E-state index contributed by atoms with van der Waals surface area (Å²) in [6.07, 6.45) is 31.6. The van der Waals surface area contributed by atoms with Crippen molar-refractivity contribution < 1.29 is 56.0 Å². The third-order valence-electron chi connectivity index (χ3n) is 32.6. The summed E-state index contributed by atoms with van der Waals surface area (Å²) in [6.45, 7) is 20.8. The first-order valence-corrected chi connectivity index (χ1v) is 40.8. The fraction of sp³-hybridized carbons (Fsp3) is 0.753. The number of Topliss-reactive ketones (excluding diaryl/α,β-unsaturated/α-hetero) is 3. The number of benzene rings is 2. The molecule has 0 saturated heterocycles. The van der Waals surface area contributed by atoms with Gasteiger partial charge < -0.3 is 38.7 Å². The number of alkyl halides is 1. The molecule has 1 heterocycles. The number of nitrogen functional groups attached to an aromatic ring is 1. The Morgan fingerprint density at radius 1 is 0.523 bits per heavy atom. The Labute approximate surface area is 655 Å². The van der Waals surface area contributed by atoms with Crippen molar-refractivity contribution in [1.29, 1.82) is 10.8 Å². The van der Waals surface area contributed by atoms with Gasteiger partial charge in [0.05, 0.1) is 45.8 Å². The molecule has 2 radical (unpaired) electrons. The zero-order valence-electron chi connectivity index (χ0n) is 65.0. The van der Waals surface area contributed by atoms with Crippen LogP contribution in [0.15, 0.2) is 48.1 Å². The lowest BCUT2D eigenvalue weighted by Gasteiger charge is -2.61. The Morgan fingerprint density at radius 2 is 0.908 bits per heavy atom. The molecule has 13 aliphatic rings. The average Bonchev–Trinajstić information content (AvgIpc) is 1.58. The zero-order valence-corrected chi connectivity index (χ0v) is 66.5. The molecule has 1 aromatic heterocycles. The van der Waals surface area contributed by atoms with Gasteiger partial charge in [0.1, 0.15) is 23.6 Å². The molecule has 15 nitrogen and oxygen atoms in total. The monoisotopic (exact) mass is 1590 g/mol. The smallest absolute Gasteiger partial charge is 0.188 e. The highest BCUT2D eigenvalue weighted by Crippen LogP contribution is 2.72. The van der Waals surface area contributed by atoms with Crippen LogP contribution < -0.4 is 23.4 Å². The Hall–Kier alpha value is -4.74. The van der Waals surface area contributed by atoms with Crippen molar-refractivity contribution >= 4 is 82.6 Å². The minimum Gasteiger partial charge on any atom is -0.395 e. The molecule has 0 amide bonds. The number of hydrogen-bond acceptors (Lipinski definition) is 14. The summed E-state index contributed by atoms with van der Waals surface area (Å²) < 4.78 is 79.3. The normalized spacial score (nSPS) is 41.8. The Morgan fingerprint density at radius 3 is 1.32 bits per heavy atom. The predicted octanol–water partition coefficient (Wildman–Crippen LogP) is 18.1. The predicted molar refractivity (Wildman–Crippen MR) is 429 cm³/mol. The minimum atomic E-state index is -1.26. The van der Waals surface area contributed by atoms with E-state index in [1.807, 2.05) is 20.8 Å². The molecule has 13 aliphatic carbocycles. The first kappa shape index (κ1) is 88.2. The third-order valence-corrected chi connectivity index (χ3v) is 33.2. The first-order valence-electron chi connectivity index (χ1n) is 39.7. The summed E-state index contributed by atoms with van der Waals surface area (Å²) >= 11 is 3.43. The van der Waals surface area contributed by atoms with Gasteiger partial charge in [-0.15, -0.1) is 5.10 Å². The summed E-state index contributed by atoms with van der Waals surface area (Å²) in [5, 5.41) is 57.5. The number of carbonyl (C=O) groups is 3. The largest absolute Gasteiger partial charge is 0.395 e. The van der Waals surface area contributed by atoms with Crippen LogP contribution in [0.3, 0.4) is 0 Å². The molecule has 12 saturated carbocycles. The summed E-state index contributed by atoms with van der Waals surface area (Å²) in [5.41, 5.74) is 4.62. The maximum Gasteiger partial charge on any atom is 0.188 e. The van der Waals surface area contributed by atoms with E-state index < -0.39 is 57.4 Å². The van der Waals surface area contributed by atoms with Crippen molar-refractivity contribution in [1.82, 2.24) is 27.3 Å². The van der Waals surface area contributed by atoms with E-state index in [2.05, 4.69) is 73.0 Å². The number of nitrogens with zero attached hydrogens (tertiary/aromatic N) is 3. The number of carbonyl (C=O) groups excluding carboxylic acids is 3. The highest BCUT2D eigenvalue weighted by atomic mass is 79.9. The number of hydrogen-bond donors (Lipinski definition) is 9. The van der Waals surface area contributed by atoms with Crippen LogP contribution >= 0.6 is 15.9 Å². The van der Waals surface area contributed by atoms with Gasteiger partial charge in [0, 0.05) is 17.8 Å². The second-order valence-corrected chi connectivity index (χ2v) is 38.6. The number of rotatable bonds is 9. The van der Waals surface area contributed by atoms with Gasteiger partial charge in [0.2, 0.25) is 0 Å². The van der Waals surface area contributed by atoms with E-state index in [4.69, 9.17) is 24.3 Å². The summed E-state index contributed by atoms with van der Waals surface area (Å²) in [7, 11) is 5.00. The minimum absolute atomic E-state index is 0. The number of aliphatic hydroxyl groups is 3. The second-order valence-electron chi connectivity index (χ2n) is 38.0. The molecule has 606 valence electrons. The number of halogens is 7. The van der Waals surface area contributed by atoms with Gasteiger partial charge in [-0.05, 0) is 334 Å². The zero-order chi connectivity index (χ0) is 77.0. The molecule has 12 fully saturated rings. The molecule has 0 bridgehead atoms. The average molecular weight is 1590 g/mol. The number of aromatic nitrogens is 3. The molecule has 109 heavy (non-hydrogen) atoms. The molecule has 0 spiro atoms. The molecule has 0 aliphatic heterocycles. The van der Waals surface area contributed by atoms with Crippen molar-refractivity contribution in [3.05, 3.63) is 71.3 Å². The molecule has 16 rings (SSSR count). The van der Waals surface area contributed by atoms with Crippen molar-refractivity contribution in [2.45, 2.75) is 266 Å². The van der Waals surface area contributed by atoms with Crippen LogP contribution in [0.1, 0.15) is 243 Å². The van der Waals surface area contributed by atoms with Crippen molar-refractivity contribution in [3.8, 4) is 0 Å². The highest BCUT2D eigenvalue weighted by Gasteiger charge is 2.66. The third kappa shape index (κ3) is 16.0. The summed E-state index contributed by atoms with van der Waals surface area (Å²) in [5.74, 6) is 2.67. The van der Waals surface area contributed by atoms with Crippen molar-refractivity contribution in [3.63, 3.8) is 0 Å². The Bertz CT molecular complexity index is 3940. The van der Waals surface area contributed by atoms with Crippen LogP contribution in [0.25, 0.3) is 11.0 Å². The first-order chi connectivity index (χ1) is 49.8. The highest BCUT2D eigenvalue weighted by molar-refractivity contribution is 9.09. The molecule has 24 atom stereocenters. The van der Waals surface area contributed by atoms with Gasteiger partial charge >= 0.3 is 0 Å². The van der Waals surface area contributed by atoms with Crippen LogP contribution in [-0.2, 0) is 20.9 Å². The molecule has 14 N–H and O–H groups in total.